The van der Waals surface area contributed by atoms with Crippen molar-refractivity contribution in [2.24, 2.45) is 0 Å². The molecule has 0 aliphatic heterocycles. The van der Waals surface area contributed by atoms with Crippen LogP contribution in [0.5, 0.6) is 11.5 Å². The Morgan fingerprint density at radius 1 is 1.16 bits per heavy atom. The largest absolute Gasteiger partial charge is 0.496 e. The lowest BCUT2D eigenvalue weighted by atomic mass is 10.1. The van der Waals surface area contributed by atoms with Crippen LogP contribution >= 0.6 is 0 Å². The molecule has 0 atom stereocenters. The van der Waals surface area contributed by atoms with Crippen LogP contribution in [0.3, 0.4) is 0 Å². The Morgan fingerprint density at radius 3 is 2.74 bits per heavy atom. The molecular formula is C15H16FNO2. The highest BCUT2D eigenvalue weighted by atomic mass is 19.1. The maximum absolute atomic E-state index is 13.2. The predicted octanol–water partition coefficient (Wildman–Crippen LogP) is 3.04. The van der Waals surface area contributed by atoms with Gasteiger partial charge in [0.25, 0.3) is 0 Å². The summed E-state index contributed by atoms with van der Waals surface area (Å²) in [5.74, 6) is 1.09. The van der Waals surface area contributed by atoms with E-state index in [9.17, 15) is 4.39 Å². The number of nitrogens with two attached hydrogens (primary N) is 1. The van der Waals surface area contributed by atoms with Crippen molar-refractivity contribution in [2.45, 2.75) is 6.42 Å². The van der Waals surface area contributed by atoms with Crippen LogP contribution in [-0.4, -0.2) is 13.7 Å². The monoisotopic (exact) mass is 261 g/mol. The molecule has 2 aromatic rings. The van der Waals surface area contributed by atoms with Crippen molar-refractivity contribution in [1.29, 1.82) is 0 Å². The van der Waals surface area contributed by atoms with Crippen LogP contribution in [0.4, 0.5) is 10.1 Å². The average molecular weight is 261 g/mol. The number of halogens is 1. The summed E-state index contributed by atoms with van der Waals surface area (Å²) >= 11 is 0. The highest BCUT2D eigenvalue weighted by molar-refractivity contribution is 5.43. The van der Waals surface area contributed by atoms with Crippen molar-refractivity contribution < 1.29 is 13.9 Å². The van der Waals surface area contributed by atoms with Crippen LogP contribution in [0.25, 0.3) is 0 Å². The van der Waals surface area contributed by atoms with Gasteiger partial charge >= 0.3 is 0 Å². The summed E-state index contributed by atoms with van der Waals surface area (Å²) in [7, 11) is 1.56. The molecule has 0 radical (unpaired) electrons. The van der Waals surface area contributed by atoms with Crippen LogP contribution in [0.15, 0.2) is 42.5 Å². The SMILES string of the molecule is COc1ccc(F)cc1CCOc1cccc(N)c1. The normalized spacial score (nSPS) is 10.2. The van der Waals surface area contributed by atoms with Crippen molar-refractivity contribution in [3.05, 3.63) is 53.8 Å². The van der Waals surface area contributed by atoms with Gasteiger partial charge in [-0.25, -0.2) is 4.39 Å². The molecule has 0 bridgehead atoms. The van der Waals surface area contributed by atoms with Crippen molar-refractivity contribution >= 4 is 5.69 Å². The molecule has 0 saturated heterocycles. The second-order valence-electron chi connectivity index (χ2n) is 4.13. The van der Waals surface area contributed by atoms with Crippen LogP contribution < -0.4 is 15.2 Å². The van der Waals surface area contributed by atoms with E-state index in [2.05, 4.69) is 0 Å². The number of methoxy groups -OCH3 is 1. The molecule has 2 N–H and O–H groups in total. The van der Waals surface area contributed by atoms with Crippen molar-refractivity contribution in [3.8, 4) is 11.5 Å². The molecule has 19 heavy (non-hydrogen) atoms. The van der Waals surface area contributed by atoms with Gasteiger partial charge in [0.1, 0.15) is 17.3 Å². The fourth-order valence-electron chi connectivity index (χ4n) is 1.83. The van der Waals surface area contributed by atoms with E-state index in [1.54, 1.807) is 25.3 Å². The molecule has 2 aromatic carbocycles. The average Bonchev–Trinajstić information content (AvgIpc) is 2.39. The minimum Gasteiger partial charge on any atom is -0.496 e. The zero-order valence-corrected chi connectivity index (χ0v) is 10.7. The van der Waals surface area contributed by atoms with Gasteiger partial charge in [-0.3, -0.25) is 0 Å². The fourth-order valence-corrected chi connectivity index (χ4v) is 1.83. The summed E-state index contributed by atoms with van der Waals surface area (Å²) in [6.07, 6.45) is 0.565. The van der Waals surface area contributed by atoms with Crippen molar-refractivity contribution in [2.75, 3.05) is 19.5 Å². The third-order valence-corrected chi connectivity index (χ3v) is 2.74. The second kappa shape index (κ2) is 6.09. The zero-order chi connectivity index (χ0) is 13.7. The molecule has 0 unspecified atom stereocenters. The van der Waals surface area contributed by atoms with Crippen LogP contribution in [0.2, 0.25) is 0 Å². The van der Waals surface area contributed by atoms with Gasteiger partial charge in [-0.15, -0.1) is 0 Å². The van der Waals surface area contributed by atoms with Gasteiger partial charge in [0.15, 0.2) is 0 Å². The van der Waals surface area contributed by atoms with E-state index in [1.807, 2.05) is 12.1 Å². The number of benzene rings is 2. The lowest BCUT2D eigenvalue weighted by Crippen LogP contribution is -2.03. The molecule has 0 amide bonds. The Morgan fingerprint density at radius 2 is 2.00 bits per heavy atom. The van der Waals surface area contributed by atoms with Crippen molar-refractivity contribution in [1.82, 2.24) is 0 Å². The molecule has 0 spiro atoms. The molecule has 0 aliphatic rings. The molecule has 0 aromatic heterocycles. The number of nitrogen functional groups attached to an aromatic ring is 1. The van der Waals surface area contributed by atoms with Gasteiger partial charge in [-0.2, -0.15) is 0 Å². The number of ether oxygens (including phenoxy) is 2. The summed E-state index contributed by atoms with van der Waals surface area (Å²) in [4.78, 5) is 0. The van der Waals surface area contributed by atoms with E-state index in [-0.39, 0.29) is 5.82 Å². The van der Waals surface area contributed by atoms with Gasteiger partial charge in [-0.1, -0.05) is 6.07 Å². The Kier molecular flexibility index (Phi) is 4.23. The molecule has 0 fully saturated rings. The van der Waals surface area contributed by atoms with Gasteiger partial charge in [0.05, 0.1) is 13.7 Å². The lowest BCUT2D eigenvalue weighted by molar-refractivity contribution is 0.318. The van der Waals surface area contributed by atoms with Crippen molar-refractivity contribution in [3.63, 3.8) is 0 Å². The highest BCUT2D eigenvalue weighted by Gasteiger charge is 2.05. The van der Waals surface area contributed by atoms with E-state index in [0.29, 0.717) is 30.2 Å². The Bertz CT molecular complexity index is 558. The van der Waals surface area contributed by atoms with Gasteiger partial charge in [-0.05, 0) is 30.3 Å². The fraction of sp³-hybridized carbons (Fsp3) is 0.200. The Hall–Kier alpha value is -2.23. The molecule has 4 heteroatoms. The summed E-state index contributed by atoms with van der Waals surface area (Å²) in [5, 5.41) is 0. The molecule has 0 saturated carbocycles. The van der Waals surface area contributed by atoms with E-state index in [1.165, 1.54) is 12.1 Å². The highest BCUT2D eigenvalue weighted by Crippen LogP contribution is 2.20. The number of hydrogen-bond acceptors (Lipinski definition) is 3. The first-order chi connectivity index (χ1) is 9.19. The maximum Gasteiger partial charge on any atom is 0.123 e. The van der Waals surface area contributed by atoms with Gasteiger partial charge in [0.2, 0.25) is 0 Å². The molecule has 100 valence electrons. The molecular weight excluding hydrogens is 245 g/mol. The Balaban J connectivity index is 1.97. The minimum absolute atomic E-state index is 0.278. The van der Waals surface area contributed by atoms with Crippen LogP contribution in [0.1, 0.15) is 5.56 Å². The van der Waals surface area contributed by atoms with E-state index in [4.69, 9.17) is 15.2 Å². The second-order valence-corrected chi connectivity index (χ2v) is 4.13. The number of anilines is 1. The van der Waals surface area contributed by atoms with E-state index >= 15 is 0 Å². The first-order valence-electron chi connectivity index (χ1n) is 6.00. The maximum atomic E-state index is 13.2. The molecule has 0 heterocycles. The summed E-state index contributed by atoms with van der Waals surface area (Å²) in [6, 6.07) is 11.7. The van der Waals surface area contributed by atoms with Crippen LogP contribution in [-0.2, 0) is 6.42 Å². The van der Waals surface area contributed by atoms with E-state index in [0.717, 1.165) is 5.56 Å². The predicted molar refractivity (Wildman–Crippen MR) is 73.0 cm³/mol. The standard InChI is InChI=1S/C15H16FNO2/c1-18-15-6-5-12(16)9-11(15)7-8-19-14-4-2-3-13(17)10-14/h2-6,9-10H,7-8,17H2,1H3. The topological polar surface area (TPSA) is 44.5 Å². The van der Waals surface area contributed by atoms with E-state index < -0.39 is 0 Å². The number of hydrogen-bond donors (Lipinski definition) is 1. The van der Waals surface area contributed by atoms with Gasteiger partial charge < -0.3 is 15.2 Å². The first-order valence-corrected chi connectivity index (χ1v) is 6.00. The third-order valence-electron chi connectivity index (χ3n) is 2.74. The minimum atomic E-state index is -0.278. The first kappa shape index (κ1) is 13.2. The molecule has 3 nitrogen and oxygen atoms in total. The quantitative estimate of drug-likeness (QED) is 0.841. The molecule has 0 aliphatic carbocycles. The number of rotatable bonds is 5. The summed E-state index contributed by atoms with van der Waals surface area (Å²) in [5.41, 5.74) is 7.09. The molecule has 2 rings (SSSR count). The van der Waals surface area contributed by atoms with Crippen LogP contribution in [0, 0.1) is 5.82 Å². The smallest absolute Gasteiger partial charge is 0.123 e. The summed E-state index contributed by atoms with van der Waals surface area (Å²) < 4.78 is 23.9. The Labute approximate surface area is 111 Å². The van der Waals surface area contributed by atoms with Gasteiger partial charge in [0, 0.05) is 23.7 Å². The summed E-state index contributed by atoms with van der Waals surface area (Å²) in [6.45, 7) is 0.434. The lowest BCUT2D eigenvalue weighted by Gasteiger charge is -2.10. The zero-order valence-electron chi connectivity index (χ0n) is 10.7. The third kappa shape index (κ3) is 3.61.